The van der Waals surface area contributed by atoms with Crippen LogP contribution in [0.15, 0.2) is 33.6 Å². The molecule has 0 radical (unpaired) electrons. The quantitative estimate of drug-likeness (QED) is 0.364. The average molecular weight is 504 g/mol. The van der Waals surface area contributed by atoms with E-state index in [1.165, 1.54) is 25.8 Å². The highest BCUT2D eigenvalue weighted by Crippen LogP contribution is 2.28. The van der Waals surface area contributed by atoms with Gasteiger partial charge in [0, 0.05) is 30.2 Å². The maximum atomic E-state index is 12.9. The van der Waals surface area contributed by atoms with Crippen LogP contribution in [-0.4, -0.2) is 63.1 Å². The van der Waals surface area contributed by atoms with Crippen LogP contribution in [0.25, 0.3) is 0 Å². The molecule has 1 aliphatic rings. The highest BCUT2D eigenvalue weighted by Gasteiger charge is 2.31. The first kappa shape index (κ1) is 25.8. The number of halogens is 1. The largest absolute Gasteiger partial charge is 0.378 e. The Bertz CT molecular complexity index is 716. The van der Waals surface area contributed by atoms with Crippen LogP contribution in [0.1, 0.15) is 65.2 Å². The molecule has 0 spiro atoms. The Hall–Kier alpha value is -0.470. The summed E-state index contributed by atoms with van der Waals surface area (Å²) < 4.78 is 34.3. The molecule has 0 atom stereocenters. The SMILES string of the molecule is CC(C)N(C)CCCCCCO[C@H]1CC[C@H](N(C)S(=O)(=O)c2ccc(Br)cc2)CC1. The summed E-state index contributed by atoms with van der Waals surface area (Å²) >= 11 is 3.36. The van der Waals surface area contributed by atoms with Gasteiger partial charge in [-0.05, 0) is 90.2 Å². The first-order chi connectivity index (χ1) is 14.2. The second-order valence-electron chi connectivity index (χ2n) is 8.77. The molecule has 1 aliphatic carbocycles. The molecule has 1 aromatic carbocycles. The maximum Gasteiger partial charge on any atom is 0.243 e. The van der Waals surface area contributed by atoms with Gasteiger partial charge in [0.1, 0.15) is 0 Å². The molecule has 0 saturated heterocycles. The molecule has 172 valence electrons. The fourth-order valence-corrected chi connectivity index (χ4v) is 5.55. The van der Waals surface area contributed by atoms with Gasteiger partial charge in [-0.15, -0.1) is 0 Å². The van der Waals surface area contributed by atoms with Crippen LogP contribution < -0.4 is 0 Å². The second kappa shape index (κ2) is 12.5. The zero-order valence-corrected chi connectivity index (χ0v) is 21.4. The van der Waals surface area contributed by atoms with Gasteiger partial charge in [-0.25, -0.2) is 8.42 Å². The fraction of sp³-hybridized carbons (Fsp3) is 0.739. The summed E-state index contributed by atoms with van der Waals surface area (Å²) in [6.07, 6.45) is 8.70. The van der Waals surface area contributed by atoms with E-state index < -0.39 is 10.0 Å². The van der Waals surface area contributed by atoms with Gasteiger partial charge in [-0.3, -0.25) is 0 Å². The van der Waals surface area contributed by atoms with Crippen molar-refractivity contribution in [1.82, 2.24) is 9.21 Å². The summed E-state index contributed by atoms with van der Waals surface area (Å²) in [4.78, 5) is 2.74. The van der Waals surface area contributed by atoms with Crippen LogP contribution in [0.3, 0.4) is 0 Å². The molecule has 30 heavy (non-hydrogen) atoms. The lowest BCUT2D eigenvalue weighted by Crippen LogP contribution is -2.40. The third kappa shape index (κ3) is 7.90. The van der Waals surface area contributed by atoms with E-state index in [2.05, 4.69) is 41.7 Å². The van der Waals surface area contributed by atoms with Gasteiger partial charge in [-0.2, -0.15) is 4.31 Å². The van der Waals surface area contributed by atoms with Crippen molar-refractivity contribution < 1.29 is 13.2 Å². The maximum absolute atomic E-state index is 12.9. The van der Waals surface area contributed by atoms with E-state index in [0.717, 1.165) is 43.2 Å². The predicted octanol–water partition coefficient (Wildman–Crippen LogP) is 5.30. The van der Waals surface area contributed by atoms with Crippen LogP contribution in [0.4, 0.5) is 0 Å². The number of unbranched alkanes of at least 4 members (excludes halogenated alkanes) is 3. The second-order valence-corrected chi connectivity index (χ2v) is 11.7. The van der Waals surface area contributed by atoms with Gasteiger partial charge in [0.25, 0.3) is 0 Å². The molecule has 0 N–H and O–H groups in total. The van der Waals surface area contributed by atoms with Crippen molar-refractivity contribution in [2.24, 2.45) is 0 Å². The van der Waals surface area contributed by atoms with Crippen LogP contribution in [0, 0.1) is 0 Å². The molecule has 1 saturated carbocycles. The Morgan fingerprint density at radius 3 is 2.20 bits per heavy atom. The van der Waals surface area contributed by atoms with E-state index in [1.807, 2.05) is 0 Å². The molecule has 0 heterocycles. The lowest BCUT2D eigenvalue weighted by Gasteiger charge is -2.34. The summed E-state index contributed by atoms with van der Waals surface area (Å²) in [7, 11) is 0.448. The molecular weight excluding hydrogens is 464 g/mol. The third-order valence-corrected chi connectivity index (χ3v) is 8.74. The van der Waals surface area contributed by atoms with Crippen LogP contribution in [-0.2, 0) is 14.8 Å². The molecule has 0 bridgehead atoms. The Morgan fingerprint density at radius 1 is 1.00 bits per heavy atom. The minimum absolute atomic E-state index is 0.0523. The summed E-state index contributed by atoms with van der Waals surface area (Å²) in [5.74, 6) is 0. The predicted molar refractivity (Wildman–Crippen MR) is 127 cm³/mol. The standard InChI is InChI=1S/C23H39BrN2O3S/c1-19(2)25(3)17-7-5-6-8-18-29-22-13-11-21(12-14-22)26(4)30(27,28)23-15-9-20(24)10-16-23/h9-10,15-16,19,21-22H,5-8,11-14,17-18H2,1-4H3/t21-,22-. The topological polar surface area (TPSA) is 49.9 Å². The van der Waals surface area contributed by atoms with Crippen molar-refractivity contribution in [1.29, 1.82) is 0 Å². The molecule has 0 amide bonds. The molecule has 1 fully saturated rings. The van der Waals surface area contributed by atoms with Crippen molar-refractivity contribution in [2.45, 2.75) is 88.3 Å². The molecule has 0 aromatic heterocycles. The lowest BCUT2D eigenvalue weighted by atomic mass is 9.93. The van der Waals surface area contributed by atoms with Crippen molar-refractivity contribution >= 4 is 26.0 Å². The molecule has 1 aromatic rings. The van der Waals surface area contributed by atoms with Crippen LogP contribution in [0.2, 0.25) is 0 Å². The average Bonchev–Trinajstić information content (AvgIpc) is 2.73. The summed E-state index contributed by atoms with van der Waals surface area (Å²) in [6, 6.07) is 7.53. The minimum atomic E-state index is -3.45. The number of ether oxygens (including phenoxy) is 1. The van der Waals surface area contributed by atoms with E-state index in [-0.39, 0.29) is 12.1 Å². The van der Waals surface area contributed by atoms with Gasteiger partial charge in [0.05, 0.1) is 11.0 Å². The Balaban J connectivity index is 1.64. The van der Waals surface area contributed by atoms with E-state index in [0.29, 0.717) is 10.9 Å². The zero-order valence-electron chi connectivity index (χ0n) is 19.0. The number of hydrogen-bond donors (Lipinski definition) is 0. The van der Waals surface area contributed by atoms with Gasteiger partial charge >= 0.3 is 0 Å². The molecule has 0 unspecified atom stereocenters. The van der Waals surface area contributed by atoms with Crippen molar-refractivity contribution in [3.63, 3.8) is 0 Å². The number of rotatable bonds is 12. The van der Waals surface area contributed by atoms with Crippen molar-refractivity contribution in [3.8, 4) is 0 Å². The molecule has 2 rings (SSSR count). The molecule has 7 heteroatoms. The Morgan fingerprint density at radius 2 is 1.60 bits per heavy atom. The molecule has 0 aliphatic heterocycles. The highest BCUT2D eigenvalue weighted by atomic mass is 79.9. The lowest BCUT2D eigenvalue weighted by molar-refractivity contribution is 0.0156. The zero-order chi connectivity index (χ0) is 22.1. The monoisotopic (exact) mass is 502 g/mol. The van der Waals surface area contributed by atoms with Gasteiger partial charge < -0.3 is 9.64 Å². The van der Waals surface area contributed by atoms with E-state index >= 15 is 0 Å². The van der Waals surface area contributed by atoms with Crippen molar-refractivity contribution in [3.05, 3.63) is 28.7 Å². The van der Waals surface area contributed by atoms with Crippen molar-refractivity contribution in [2.75, 3.05) is 27.2 Å². The number of hydrogen-bond acceptors (Lipinski definition) is 4. The first-order valence-corrected chi connectivity index (χ1v) is 13.5. The van der Waals surface area contributed by atoms with Crippen LogP contribution in [0.5, 0.6) is 0 Å². The van der Waals surface area contributed by atoms with E-state index in [9.17, 15) is 8.42 Å². The van der Waals surface area contributed by atoms with E-state index in [1.54, 1.807) is 35.6 Å². The number of sulfonamides is 1. The number of benzene rings is 1. The highest BCUT2D eigenvalue weighted by molar-refractivity contribution is 9.10. The third-order valence-electron chi connectivity index (χ3n) is 6.29. The summed E-state index contributed by atoms with van der Waals surface area (Å²) in [6.45, 7) is 6.45. The smallest absolute Gasteiger partial charge is 0.243 e. The minimum Gasteiger partial charge on any atom is -0.378 e. The fourth-order valence-electron chi connectivity index (χ4n) is 3.87. The Kier molecular flexibility index (Phi) is 10.8. The van der Waals surface area contributed by atoms with Gasteiger partial charge in [-0.1, -0.05) is 28.8 Å². The normalized spacial score (nSPS) is 20.4. The number of nitrogens with zero attached hydrogens (tertiary/aromatic N) is 2. The van der Waals surface area contributed by atoms with E-state index in [4.69, 9.17) is 4.74 Å². The van der Waals surface area contributed by atoms with Gasteiger partial charge in [0.15, 0.2) is 0 Å². The van der Waals surface area contributed by atoms with Crippen LogP contribution >= 0.6 is 15.9 Å². The summed E-state index contributed by atoms with van der Waals surface area (Å²) in [5.41, 5.74) is 0. The summed E-state index contributed by atoms with van der Waals surface area (Å²) in [5, 5.41) is 0. The molecular formula is C23H39BrN2O3S. The first-order valence-electron chi connectivity index (χ1n) is 11.3. The Labute approximate surface area is 192 Å². The molecule has 5 nitrogen and oxygen atoms in total. The van der Waals surface area contributed by atoms with Gasteiger partial charge in [0.2, 0.25) is 10.0 Å².